The highest BCUT2D eigenvalue weighted by atomic mass is 32.2. The summed E-state index contributed by atoms with van der Waals surface area (Å²) in [6, 6.07) is 8.32. The van der Waals surface area contributed by atoms with E-state index in [4.69, 9.17) is 4.52 Å². The highest BCUT2D eigenvalue weighted by Gasteiger charge is 2.27. The number of aromatic nitrogens is 2. The monoisotopic (exact) mass is 318 g/mol. The number of aryl methyl sites for hydroxylation is 1. The second-order valence-electron chi connectivity index (χ2n) is 6.87. The van der Waals surface area contributed by atoms with Crippen molar-refractivity contribution in [3.05, 3.63) is 47.1 Å². The highest BCUT2D eigenvalue weighted by Crippen LogP contribution is 2.35. The lowest BCUT2D eigenvalue weighted by Gasteiger charge is -2.24. The van der Waals surface area contributed by atoms with E-state index in [-0.39, 0.29) is 10.7 Å². The van der Waals surface area contributed by atoms with Crippen LogP contribution >= 0.6 is 0 Å². The molecule has 1 aliphatic rings. The maximum atomic E-state index is 12.8. The fourth-order valence-electron chi connectivity index (χ4n) is 2.82. The molecule has 0 fully saturated rings. The van der Waals surface area contributed by atoms with Gasteiger partial charge in [-0.15, -0.1) is 0 Å². The Kier molecular flexibility index (Phi) is 4.17. The molecule has 1 aromatic heterocycles. The molecule has 1 aliphatic carbocycles. The first-order valence-corrected chi connectivity index (χ1v) is 9.11. The predicted molar refractivity (Wildman–Crippen MR) is 87.0 cm³/mol. The smallest absolute Gasteiger partial charge is 0.239 e. The summed E-state index contributed by atoms with van der Waals surface area (Å²) in [4.78, 5) is 4.40. The largest absolute Gasteiger partial charge is 0.338 e. The van der Waals surface area contributed by atoms with Gasteiger partial charge in [-0.05, 0) is 30.4 Å². The molecule has 0 N–H and O–H groups in total. The normalized spacial score (nSPS) is 19.7. The lowest BCUT2D eigenvalue weighted by molar-refractivity contribution is 0.372. The van der Waals surface area contributed by atoms with E-state index >= 15 is 0 Å². The minimum atomic E-state index is -1.03. The van der Waals surface area contributed by atoms with Crippen LogP contribution in [0.1, 0.15) is 61.7 Å². The molecule has 5 heteroatoms. The van der Waals surface area contributed by atoms with Gasteiger partial charge in [0.05, 0.1) is 5.25 Å². The van der Waals surface area contributed by atoms with Crippen LogP contribution in [0.4, 0.5) is 0 Å². The number of nitrogens with zero attached hydrogens (tertiary/aromatic N) is 2. The molecule has 0 amide bonds. The molecule has 2 atom stereocenters. The summed E-state index contributed by atoms with van der Waals surface area (Å²) < 4.78 is 18.1. The molecule has 2 aromatic rings. The molecule has 0 saturated heterocycles. The van der Waals surface area contributed by atoms with Crippen molar-refractivity contribution >= 4 is 10.8 Å². The van der Waals surface area contributed by atoms with Crippen LogP contribution in [-0.4, -0.2) is 14.3 Å². The lowest BCUT2D eigenvalue weighted by Crippen LogP contribution is -2.16. The summed E-state index contributed by atoms with van der Waals surface area (Å²) in [5.41, 5.74) is 2.40. The van der Waals surface area contributed by atoms with E-state index in [2.05, 4.69) is 28.3 Å². The molecular formula is C17H22N2O2S. The van der Waals surface area contributed by atoms with Crippen LogP contribution in [0.3, 0.4) is 0 Å². The van der Waals surface area contributed by atoms with E-state index in [0.29, 0.717) is 17.5 Å². The van der Waals surface area contributed by atoms with Crippen molar-refractivity contribution in [2.24, 2.45) is 0 Å². The van der Waals surface area contributed by atoms with Gasteiger partial charge < -0.3 is 4.52 Å². The minimum Gasteiger partial charge on any atom is -0.338 e. The van der Waals surface area contributed by atoms with Crippen molar-refractivity contribution in [1.82, 2.24) is 10.1 Å². The van der Waals surface area contributed by atoms with Gasteiger partial charge in [-0.2, -0.15) is 4.98 Å². The molecule has 1 aromatic carbocycles. The first kappa shape index (κ1) is 15.4. The molecule has 0 saturated carbocycles. The molecule has 0 spiro atoms. The fraction of sp³-hybridized carbons (Fsp3) is 0.529. The van der Waals surface area contributed by atoms with Gasteiger partial charge in [-0.25, -0.2) is 0 Å². The van der Waals surface area contributed by atoms with E-state index in [1.54, 1.807) is 0 Å². The maximum absolute atomic E-state index is 12.8. The van der Waals surface area contributed by atoms with Crippen LogP contribution in [0, 0.1) is 0 Å². The fourth-order valence-corrected chi connectivity index (χ4v) is 4.33. The van der Waals surface area contributed by atoms with Crippen molar-refractivity contribution in [2.45, 2.75) is 56.5 Å². The quantitative estimate of drug-likeness (QED) is 0.866. The molecule has 118 valence electrons. The Morgan fingerprint density at radius 3 is 2.82 bits per heavy atom. The number of hydrogen-bond acceptors (Lipinski definition) is 4. The summed E-state index contributed by atoms with van der Waals surface area (Å²) >= 11 is 0. The summed E-state index contributed by atoms with van der Waals surface area (Å²) in [5.74, 6) is 1.48. The number of benzene rings is 1. The summed E-state index contributed by atoms with van der Waals surface area (Å²) in [7, 11) is -1.03. The van der Waals surface area contributed by atoms with Gasteiger partial charge in [0.1, 0.15) is 5.75 Å². The SMILES string of the molecule is CC(C)(C)c1noc(C[S@](=O)[C@H]2CCCc3ccccc32)n1. The molecule has 0 bridgehead atoms. The topological polar surface area (TPSA) is 56.0 Å². The van der Waals surface area contributed by atoms with Crippen molar-refractivity contribution in [2.75, 3.05) is 0 Å². The van der Waals surface area contributed by atoms with Gasteiger partial charge >= 0.3 is 0 Å². The van der Waals surface area contributed by atoms with Crippen molar-refractivity contribution < 1.29 is 8.73 Å². The molecule has 1 heterocycles. The van der Waals surface area contributed by atoms with Crippen molar-refractivity contribution in [1.29, 1.82) is 0 Å². The zero-order valence-corrected chi connectivity index (χ0v) is 14.2. The maximum Gasteiger partial charge on any atom is 0.239 e. The van der Waals surface area contributed by atoms with Gasteiger partial charge in [0, 0.05) is 16.2 Å². The van der Waals surface area contributed by atoms with Crippen LogP contribution in [0.2, 0.25) is 0 Å². The van der Waals surface area contributed by atoms with E-state index in [1.807, 2.05) is 26.8 Å². The summed E-state index contributed by atoms with van der Waals surface area (Å²) in [5, 5.41) is 4.09. The third-order valence-corrected chi connectivity index (χ3v) is 5.69. The average Bonchev–Trinajstić information content (AvgIpc) is 2.95. The Labute approximate surface area is 133 Å². The van der Waals surface area contributed by atoms with Crippen molar-refractivity contribution in [3.63, 3.8) is 0 Å². The van der Waals surface area contributed by atoms with Gasteiger partial charge in [0.2, 0.25) is 5.89 Å². The average molecular weight is 318 g/mol. The molecule has 0 radical (unpaired) electrons. The molecule has 4 nitrogen and oxygen atoms in total. The Balaban J connectivity index is 1.77. The van der Waals surface area contributed by atoms with E-state index in [9.17, 15) is 4.21 Å². The first-order valence-electron chi connectivity index (χ1n) is 7.73. The number of hydrogen-bond donors (Lipinski definition) is 0. The minimum absolute atomic E-state index is 0.0786. The van der Waals surface area contributed by atoms with Gasteiger partial charge in [0.25, 0.3) is 0 Å². The number of rotatable bonds is 3. The van der Waals surface area contributed by atoms with Crippen LogP contribution in [0.5, 0.6) is 0 Å². The Bertz CT molecular complexity index is 688. The Morgan fingerprint density at radius 2 is 2.09 bits per heavy atom. The van der Waals surface area contributed by atoms with Gasteiger partial charge in [-0.1, -0.05) is 50.2 Å². The zero-order chi connectivity index (χ0) is 15.7. The van der Waals surface area contributed by atoms with Crippen LogP contribution in [0.15, 0.2) is 28.8 Å². The highest BCUT2D eigenvalue weighted by molar-refractivity contribution is 7.84. The van der Waals surface area contributed by atoms with E-state index < -0.39 is 10.8 Å². The Morgan fingerprint density at radius 1 is 1.32 bits per heavy atom. The lowest BCUT2D eigenvalue weighted by atomic mass is 9.91. The van der Waals surface area contributed by atoms with Crippen LogP contribution in [0.25, 0.3) is 0 Å². The van der Waals surface area contributed by atoms with Crippen LogP contribution in [-0.2, 0) is 28.4 Å². The molecule has 22 heavy (non-hydrogen) atoms. The zero-order valence-electron chi connectivity index (χ0n) is 13.3. The summed E-state index contributed by atoms with van der Waals surface area (Å²) in [6.07, 6.45) is 3.13. The number of fused-ring (bicyclic) bond motifs is 1. The summed E-state index contributed by atoms with van der Waals surface area (Å²) in [6.45, 7) is 6.11. The molecule has 0 unspecified atom stereocenters. The molecule has 3 rings (SSSR count). The van der Waals surface area contributed by atoms with E-state index in [0.717, 1.165) is 19.3 Å². The van der Waals surface area contributed by atoms with Crippen molar-refractivity contribution in [3.8, 4) is 0 Å². The second kappa shape index (κ2) is 5.95. The Hall–Kier alpha value is -1.49. The molecule has 0 aliphatic heterocycles. The van der Waals surface area contributed by atoms with Gasteiger partial charge in [0.15, 0.2) is 5.82 Å². The standard InChI is InChI=1S/C17H22N2O2S/c1-17(2,3)16-18-15(21-19-16)11-22(20)14-10-6-8-12-7-4-5-9-13(12)14/h4-5,7,9,14H,6,8,10-11H2,1-3H3/t14-,22-/m0/s1. The third kappa shape index (κ3) is 3.14. The van der Waals surface area contributed by atoms with E-state index in [1.165, 1.54) is 11.1 Å². The second-order valence-corrected chi connectivity index (χ2v) is 8.49. The predicted octanol–water partition coefficient (Wildman–Crippen LogP) is 3.69. The van der Waals surface area contributed by atoms with Gasteiger partial charge in [-0.3, -0.25) is 4.21 Å². The molecular weight excluding hydrogens is 296 g/mol. The van der Waals surface area contributed by atoms with Crippen LogP contribution < -0.4 is 0 Å². The first-order chi connectivity index (χ1) is 10.4. The third-order valence-electron chi connectivity index (χ3n) is 4.04.